The third-order valence-corrected chi connectivity index (χ3v) is 7.02. The van der Waals surface area contributed by atoms with Gasteiger partial charge < -0.3 is 19.1 Å². The van der Waals surface area contributed by atoms with Crippen LogP contribution in [0.4, 0.5) is 0 Å². The SMILES string of the molecule is CC[NH+]1CCC2(CC1)Oc1ccccc1[C@H]1CC(c3ccc4c(c3)OCCO4)=NN12. The molecule has 156 valence electrons. The molecule has 0 unspecified atom stereocenters. The number of hydrazone groups is 1. The summed E-state index contributed by atoms with van der Waals surface area (Å²) < 4.78 is 18.2. The fraction of sp³-hybridized carbons (Fsp3) is 0.458. The van der Waals surface area contributed by atoms with E-state index in [9.17, 15) is 0 Å². The highest BCUT2D eigenvalue weighted by atomic mass is 16.6. The Labute approximate surface area is 177 Å². The van der Waals surface area contributed by atoms with Crippen molar-refractivity contribution >= 4 is 5.71 Å². The Kier molecular flexibility index (Phi) is 4.16. The van der Waals surface area contributed by atoms with E-state index in [2.05, 4.69) is 48.3 Å². The lowest BCUT2D eigenvalue weighted by atomic mass is 9.90. The van der Waals surface area contributed by atoms with Gasteiger partial charge in [0.15, 0.2) is 11.5 Å². The van der Waals surface area contributed by atoms with E-state index in [1.165, 1.54) is 12.1 Å². The van der Waals surface area contributed by atoms with E-state index in [0.717, 1.165) is 60.9 Å². The van der Waals surface area contributed by atoms with Gasteiger partial charge in [0.25, 0.3) is 0 Å². The van der Waals surface area contributed by atoms with Gasteiger partial charge in [-0.2, -0.15) is 5.10 Å². The third-order valence-electron chi connectivity index (χ3n) is 7.02. The summed E-state index contributed by atoms with van der Waals surface area (Å²) in [5.74, 6) is 2.66. The summed E-state index contributed by atoms with van der Waals surface area (Å²) >= 11 is 0. The number of ether oxygens (including phenoxy) is 3. The minimum absolute atomic E-state index is 0.223. The van der Waals surface area contributed by atoms with E-state index in [1.54, 1.807) is 4.90 Å². The van der Waals surface area contributed by atoms with Crippen LogP contribution in [-0.4, -0.2) is 49.3 Å². The molecule has 2 aromatic rings. The van der Waals surface area contributed by atoms with Crippen molar-refractivity contribution in [2.45, 2.75) is 38.0 Å². The predicted molar refractivity (Wildman–Crippen MR) is 113 cm³/mol. The molecule has 0 amide bonds. The van der Waals surface area contributed by atoms with Gasteiger partial charge in [-0.3, -0.25) is 0 Å². The van der Waals surface area contributed by atoms with Gasteiger partial charge in [-0.05, 0) is 31.2 Å². The van der Waals surface area contributed by atoms with E-state index in [-0.39, 0.29) is 11.8 Å². The van der Waals surface area contributed by atoms with Crippen LogP contribution in [0.15, 0.2) is 47.6 Å². The average Bonchev–Trinajstić information content (AvgIpc) is 3.26. The van der Waals surface area contributed by atoms with Crippen molar-refractivity contribution in [1.82, 2.24) is 5.01 Å². The van der Waals surface area contributed by atoms with Crippen LogP contribution in [0.25, 0.3) is 0 Å². The Balaban J connectivity index is 1.38. The van der Waals surface area contributed by atoms with Gasteiger partial charge in [0.1, 0.15) is 19.0 Å². The van der Waals surface area contributed by atoms with Crippen LogP contribution in [-0.2, 0) is 0 Å². The van der Waals surface area contributed by atoms with Crippen molar-refractivity contribution in [3.05, 3.63) is 53.6 Å². The summed E-state index contributed by atoms with van der Waals surface area (Å²) in [4.78, 5) is 1.65. The highest BCUT2D eigenvalue weighted by Gasteiger charge is 2.52. The molecule has 0 saturated carbocycles. The number of hydrogen-bond acceptors (Lipinski definition) is 5. The number of rotatable bonds is 2. The molecular weight excluding hydrogens is 378 g/mol. The minimum Gasteiger partial charge on any atom is -0.486 e. The topological polar surface area (TPSA) is 47.7 Å². The maximum Gasteiger partial charge on any atom is 0.208 e. The summed E-state index contributed by atoms with van der Waals surface area (Å²) in [5, 5.41) is 7.46. The number of nitrogens with one attached hydrogen (secondary N) is 1. The molecule has 1 spiro atoms. The zero-order chi connectivity index (χ0) is 20.1. The van der Waals surface area contributed by atoms with E-state index in [0.29, 0.717) is 13.2 Å². The Morgan fingerprint density at radius 3 is 2.67 bits per heavy atom. The van der Waals surface area contributed by atoms with Crippen LogP contribution in [0, 0.1) is 0 Å². The zero-order valence-corrected chi connectivity index (χ0v) is 17.4. The standard InChI is InChI=1S/C24H27N3O3/c1-2-26-11-9-24(10-12-26)27-20(18-5-3-4-6-21(18)30-24)16-19(25-27)17-7-8-22-23(15-17)29-14-13-28-22/h3-8,15,20H,2,9-14,16H2,1H3/p+1/t20-/m1/s1. The summed E-state index contributed by atoms with van der Waals surface area (Å²) in [6.07, 6.45) is 2.88. The third kappa shape index (κ3) is 2.77. The molecule has 0 radical (unpaired) electrons. The Hall–Kier alpha value is -2.73. The second-order valence-corrected chi connectivity index (χ2v) is 8.66. The minimum atomic E-state index is -0.340. The second kappa shape index (κ2) is 6.91. The molecule has 2 aromatic carbocycles. The molecule has 1 fully saturated rings. The maximum atomic E-state index is 6.70. The number of fused-ring (bicyclic) bond motifs is 5. The van der Waals surface area contributed by atoms with E-state index in [1.807, 2.05) is 6.07 Å². The molecule has 0 bridgehead atoms. The number of quaternary nitrogens is 1. The molecule has 1 saturated heterocycles. The van der Waals surface area contributed by atoms with Crippen LogP contribution < -0.4 is 19.1 Å². The summed E-state index contributed by atoms with van der Waals surface area (Å²) in [6.45, 7) is 6.88. The van der Waals surface area contributed by atoms with Crippen molar-refractivity contribution in [3.63, 3.8) is 0 Å². The lowest BCUT2D eigenvalue weighted by Gasteiger charge is -2.50. The smallest absolute Gasteiger partial charge is 0.208 e. The lowest BCUT2D eigenvalue weighted by molar-refractivity contribution is -0.906. The van der Waals surface area contributed by atoms with E-state index in [4.69, 9.17) is 19.3 Å². The number of nitrogens with zero attached hydrogens (tertiary/aromatic N) is 2. The fourth-order valence-electron chi connectivity index (χ4n) is 5.30. The molecule has 6 rings (SSSR count). The largest absolute Gasteiger partial charge is 0.486 e. The molecule has 0 aromatic heterocycles. The summed E-state index contributed by atoms with van der Waals surface area (Å²) in [6, 6.07) is 14.9. The van der Waals surface area contributed by atoms with Gasteiger partial charge in [0.05, 0.1) is 44.2 Å². The van der Waals surface area contributed by atoms with Gasteiger partial charge in [-0.15, -0.1) is 0 Å². The van der Waals surface area contributed by atoms with Gasteiger partial charge in [0.2, 0.25) is 5.72 Å². The normalized spacial score (nSPS) is 29.1. The molecule has 4 aliphatic rings. The lowest BCUT2D eigenvalue weighted by Crippen LogP contribution is -3.13. The highest BCUT2D eigenvalue weighted by molar-refractivity contribution is 6.02. The van der Waals surface area contributed by atoms with Crippen LogP contribution in [0.3, 0.4) is 0 Å². The zero-order valence-electron chi connectivity index (χ0n) is 17.4. The number of para-hydroxylation sites is 1. The van der Waals surface area contributed by atoms with Gasteiger partial charge in [-0.1, -0.05) is 18.2 Å². The monoisotopic (exact) mass is 406 g/mol. The Bertz CT molecular complexity index is 997. The van der Waals surface area contributed by atoms with Crippen molar-refractivity contribution in [2.75, 3.05) is 32.8 Å². The first-order chi connectivity index (χ1) is 14.8. The van der Waals surface area contributed by atoms with Gasteiger partial charge in [-0.25, -0.2) is 5.01 Å². The molecule has 6 nitrogen and oxygen atoms in total. The number of benzene rings is 2. The first kappa shape index (κ1) is 18.1. The Morgan fingerprint density at radius 2 is 1.83 bits per heavy atom. The molecule has 30 heavy (non-hydrogen) atoms. The first-order valence-electron chi connectivity index (χ1n) is 11.1. The molecular formula is C24H28N3O3+. The quantitative estimate of drug-likeness (QED) is 0.832. The molecule has 1 N–H and O–H groups in total. The van der Waals surface area contributed by atoms with Crippen molar-refractivity contribution < 1.29 is 19.1 Å². The number of likely N-dealkylation sites (tertiary alicyclic amines) is 1. The van der Waals surface area contributed by atoms with Crippen LogP contribution in [0.5, 0.6) is 17.2 Å². The van der Waals surface area contributed by atoms with Crippen molar-refractivity contribution in [3.8, 4) is 17.2 Å². The molecule has 4 heterocycles. The average molecular weight is 407 g/mol. The summed E-state index contributed by atoms with van der Waals surface area (Å²) in [7, 11) is 0. The van der Waals surface area contributed by atoms with Gasteiger partial charge in [0, 0.05) is 17.5 Å². The Morgan fingerprint density at radius 1 is 1.03 bits per heavy atom. The predicted octanol–water partition coefficient (Wildman–Crippen LogP) is 2.40. The van der Waals surface area contributed by atoms with E-state index < -0.39 is 0 Å². The van der Waals surface area contributed by atoms with Crippen LogP contribution in [0.1, 0.15) is 43.4 Å². The van der Waals surface area contributed by atoms with Gasteiger partial charge >= 0.3 is 0 Å². The molecule has 1 atom stereocenters. The maximum absolute atomic E-state index is 6.70. The first-order valence-corrected chi connectivity index (χ1v) is 11.1. The summed E-state index contributed by atoms with van der Waals surface area (Å²) in [5.41, 5.74) is 3.11. The van der Waals surface area contributed by atoms with Crippen LogP contribution in [0.2, 0.25) is 0 Å². The second-order valence-electron chi connectivity index (χ2n) is 8.66. The molecule has 4 aliphatic heterocycles. The molecule has 6 heteroatoms. The van der Waals surface area contributed by atoms with Crippen molar-refractivity contribution in [2.24, 2.45) is 5.10 Å². The molecule has 0 aliphatic carbocycles. The van der Waals surface area contributed by atoms with Crippen LogP contribution >= 0.6 is 0 Å². The van der Waals surface area contributed by atoms with E-state index >= 15 is 0 Å². The highest BCUT2D eigenvalue weighted by Crippen LogP contribution is 2.49. The fourth-order valence-corrected chi connectivity index (χ4v) is 5.30. The number of hydrogen-bond donors (Lipinski definition) is 1. The van der Waals surface area contributed by atoms with Crippen molar-refractivity contribution in [1.29, 1.82) is 0 Å². The number of piperidine rings is 1.